The zero-order chi connectivity index (χ0) is 30.9. The van der Waals surface area contributed by atoms with Gasteiger partial charge in [-0.25, -0.2) is 4.98 Å². The third-order valence-corrected chi connectivity index (χ3v) is 8.91. The topological polar surface area (TPSA) is 113 Å². The highest BCUT2D eigenvalue weighted by atomic mass is 79.9. The van der Waals surface area contributed by atoms with E-state index in [1.54, 1.807) is 60.7 Å². The molecule has 11 heteroatoms. The van der Waals surface area contributed by atoms with E-state index in [1.165, 1.54) is 35.4 Å². The molecule has 3 amide bonds. The molecule has 222 valence electrons. The number of nitrogens with zero attached hydrogens (tertiary/aromatic N) is 1. The third-order valence-electron chi connectivity index (χ3n) is 6.27. The molecule has 3 N–H and O–H groups in total. The maximum atomic E-state index is 13.3. The normalized spacial score (nSPS) is 11.9. The van der Waals surface area contributed by atoms with Crippen molar-refractivity contribution < 1.29 is 18.8 Å². The number of anilines is 2. The van der Waals surface area contributed by atoms with Crippen LogP contribution in [0.2, 0.25) is 0 Å². The first-order chi connectivity index (χ1) is 21.4. The van der Waals surface area contributed by atoms with E-state index in [4.69, 9.17) is 4.42 Å². The van der Waals surface area contributed by atoms with Crippen LogP contribution in [-0.2, 0) is 9.59 Å². The van der Waals surface area contributed by atoms with Crippen molar-refractivity contribution >= 4 is 73.6 Å². The Morgan fingerprint density at radius 1 is 0.977 bits per heavy atom. The van der Waals surface area contributed by atoms with E-state index in [0.717, 1.165) is 20.6 Å². The second kappa shape index (κ2) is 14.8. The first-order valence-electron chi connectivity index (χ1n) is 13.6. The number of carbonyl (C=O) groups is 3. The van der Waals surface area contributed by atoms with E-state index >= 15 is 0 Å². The minimum atomic E-state index is -0.525. The van der Waals surface area contributed by atoms with E-state index in [2.05, 4.69) is 36.9 Å². The number of amides is 3. The second-order valence-electron chi connectivity index (χ2n) is 9.42. The number of hydrogen-bond donors (Lipinski definition) is 3. The van der Waals surface area contributed by atoms with Gasteiger partial charge in [-0.05, 0) is 61.0 Å². The maximum Gasteiger partial charge on any atom is 0.272 e. The molecule has 0 aliphatic carbocycles. The van der Waals surface area contributed by atoms with Crippen molar-refractivity contribution in [3.8, 4) is 11.3 Å². The molecule has 1 unspecified atom stereocenters. The molecule has 0 radical (unpaired) electrons. The summed E-state index contributed by atoms with van der Waals surface area (Å²) in [5.74, 6) is -0.698. The van der Waals surface area contributed by atoms with Crippen molar-refractivity contribution in [3.63, 3.8) is 0 Å². The van der Waals surface area contributed by atoms with Crippen LogP contribution < -0.4 is 16.0 Å². The van der Waals surface area contributed by atoms with Crippen LogP contribution in [0.1, 0.15) is 29.5 Å². The number of nitrogens with one attached hydrogen (secondary N) is 3. The van der Waals surface area contributed by atoms with Gasteiger partial charge in [-0.1, -0.05) is 59.3 Å². The second-order valence-corrected chi connectivity index (χ2v) is 12.5. The van der Waals surface area contributed by atoms with Crippen molar-refractivity contribution in [1.82, 2.24) is 10.3 Å². The van der Waals surface area contributed by atoms with Gasteiger partial charge in [0, 0.05) is 37.6 Å². The molecule has 1 atom stereocenters. The van der Waals surface area contributed by atoms with Crippen molar-refractivity contribution in [1.29, 1.82) is 0 Å². The third kappa shape index (κ3) is 8.34. The zero-order valence-electron chi connectivity index (χ0n) is 23.5. The van der Waals surface area contributed by atoms with Crippen LogP contribution in [0.3, 0.4) is 0 Å². The summed E-state index contributed by atoms with van der Waals surface area (Å²) < 4.78 is 6.35. The molecule has 8 nitrogen and oxygen atoms in total. The SMILES string of the molecule is CCC(Sc1cccc(NC(=O)/C(=C/c2ccco2)NC(=O)c2ccccc2)c1)C(=O)Nc1nc(-c2ccc(Br)cc2)cs1. The van der Waals surface area contributed by atoms with Crippen LogP contribution in [0.4, 0.5) is 10.8 Å². The number of thiazole rings is 1. The molecule has 5 rings (SSSR count). The van der Waals surface area contributed by atoms with E-state index in [0.29, 0.717) is 28.6 Å². The van der Waals surface area contributed by atoms with Gasteiger partial charge in [0.05, 0.1) is 17.2 Å². The van der Waals surface area contributed by atoms with Crippen molar-refractivity contribution in [2.75, 3.05) is 10.6 Å². The van der Waals surface area contributed by atoms with Crippen LogP contribution in [0.25, 0.3) is 17.3 Å². The molecule has 0 saturated carbocycles. The number of thioether (sulfide) groups is 1. The van der Waals surface area contributed by atoms with Crippen molar-refractivity contribution in [3.05, 3.63) is 124 Å². The Labute approximate surface area is 271 Å². The fraction of sp³-hybridized carbons (Fsp3) is 0.0909. The highest BCUT2D eigenvalue weighted by Crippen LogP contribution is 2.30. The minimum absolute atomic E-state index is 0.0172. The lowest BCUT2D eigenvalue weighted by atomic mass is 10.2. The standard InChI is InChI=1S/C33H27BrN4O4S2/c1-2-29(32(41)38-33-37-28(20-43-33)21-13-15-23(34)16-14-21)44-26-12-6-10-24(18-26)35-31(40)27(19-25-11-7-17-42-25)36-30(39)22-8-4-3-5-9-22/h3-20,29H,2H2,1H3,(H,35,40)(H,36,39)(H,37,38,41)/b27-19-. The highest BCUT2D eigenvalue weighted by molar-refractivity contribution is 9.10. The first kappa shape index (κ1) is 31.0. The molecule has 0 bridgehead atoms. The molecule has 3 aromatic carbocycles. The number of carbonyl (C=O) groups excluding carboxylic acids is 3. The van der Waals surface area contributed by atoms with E-state index in [-0.39, 0.29) is 16.9 Å². The molecule has 0 aliphatic heterocycles. The summed E-state index contributed by atoms with van der Waals surface area (Å²) in [5.41, 5.74) is 2.70. The van der Waals surface area contributed by atoms with Crippen molar-refractivity contribution in [2.45, 2.75) is 23.5 Å². The van der Waals surface area contributed by atoms with Crippen LogP contribution >= 0.6 is 39.0 Å². The molecular formula is C33H27BrN4O4S2. The number of furan rings is 1. The predicted molar refractivity (Wildman–Crippen MR) is 179 cm³/mol. The molecule has 5 aromatic rings. The van der Waals surface area contributed by atoms with Crippen LogP contribution in [0, 0.1) is 0 Å². The number of halogens is 1. The first-order valence-corrected chi connectivity index (χ1v) is 16.1. The number of aromatic nitrogens is 1. The van der Waals surface area contributed by atoms with Gasteiger partial charge in [-0.3, -0.25) is 14.4 Å². The van der Waals surface area contributed by atoms with Gasteiger partial charge in [0.2, 0.25) is 5.91 Å². The van der Waals surface area contributed by atoms with Crippen LogP contribution in [0.15, 0.2) is 122 Å². The van der Waals surface area contributed by atoms with Crippen LogP contribution in [0.5, 0.6) is 0 Å². The lowest BCUT2D eigenvalue weighted by molar-refractivity contribution is -0.116. The van der Waals surface area contributed by atoms with Gasteiger partial charge in [0.25, 0.3) is 11.8 Å². The molecular weight excluding hydrogens is 660 g/mol. The molecule has 2 aromatic heterocycles. The van der Waals surface area contributed by atoms with Gasteiger partial charge in [-0.15, -0.1) is 23.1 Å². The fourth-order valence-electron chi connectivity index (χ4n) is 4.06. The Kier molecular flexibility index (Phi) is 10.4. The van der Waals surface area contributed by atoms with E-state index < -0.39 is 11.8 Å². The van der Waals surface area contributed by atoms with Gasteiger partial charge < -0.3 is 20.4 Å². The average molecular weight is 688 g/mol. The molecule has 0 spiro atoms. The Balaban J connectivity index is 1.25. The lowest BCUT2D eigenvalue weighted by Gasteiger charge is -2.15. The Morgan fingerprint density at radius 2 is 1.77 bits per heavy atom. The van der Waals surface area contributed by atoms with Gasteiger partial charge in [0.1, 0.15) is 11.5 Å². The Bertz CT molecular complexity index is 1770. The molecule has 0 saturated heterocycles. The average Bonchev–Trinajstić information content (AvgIpc) is 3.73. The monoisotopic (exact) mass is 686 g/mol. The fourth-order valence-corrected chi connectivity index (χ4v) is 6.06. The summed E-state index contributed by atoms with van der Waals surface area (Å²) in [4.78, 5) is 44.7. The number of rotatable bonds is 11. The zero-order valence-corrected chi connectivity index (χ0v) is 26.7. The molecule has 2 heterocycles. The van der Waals surface area contributed by atoms with E-state index in [1.807, 2.05) is 42.6 Å². The maximum absolute atomic E-state index is 13.3. The lowest BCUT2D eigenvalue weighted by Crippen LogP contribution is -2.30. The predicted octanol–water partition coefficient (Wildman–Crippen LogP) is 8.08. The number of benzene rings is 3. The summed E-state index contributed by atoms with van der Waals surface area (Å²) in [5, 5.41) is 10.5. The largest absolute Gasteiger partial charge is 0.465 e. The summed E-state index contributed by atoms with van der Waals surface area (Å²) in [6.07, 6.45) is 3.53. The highest BCUT2D eigenvalue weighted by Gasteiger charge is 2.21. The van der Waals surface area contributed by atoms with Crippen molar-refractivity contribution in [2.24, 2.45) is 0 Å². The Hall–Kier alpha value is -4.45. The molecule has 0 aliphatic rings. The summed E-state index contributed by atoms with van der Waals surface area (Å²) in [7, 11) is 0. The molecule has 44 heavy (non-hydrogen) atoms. The minimum Gasteiger partial charge on any atom is -0.465 e. The molecule has 0 fully saturated rings. The Morgan fingerprint density at radius 3 is 2.50 bits per heavy atom. The number of hydrogen-bond acceptors (Lipinski definition) is 7. The van der Waals surface area contributed by atoms with Crippen LogP contribution in [-0.4, -0.2) is 28.0 Å². The van der Waals surface area contributed by atoms with Gasteiger partial charge in [0.15, 0.2) is 5.13 Å². The summed E-state index contributed by atoms with van der Waals surface area (Å²) in [6.45, 7) is 1.94. The van der Waals surface area contributed by atoms with Gasteiger partial charge >= 0.3 is 0 Å². The van der Waals surface area contributed by atoms with E-state index in [9.17, 15) is 14.4 Å². The smallest absolute Gasteiger partial charge is 0.272 e. The van der Waals surface area contributed by atoms with Gasteiger partial charge in [-0.2, -0.15) is 0 Å². The quantitative estimate of drug-likeness (QED) is 0.0956. The summed E-state index contributed by atoms with van der Waals surface area (Å²) in [6, 6.07) is 27.0. The summed E-state index contributed by atoms with van der Waals surface area (Å²) >= 11 is 6.20.